The van der Waals surface area contributed by atoms with Crippen LogP contribution in [0, 0.1) is 22.9 Å². The second-order valence-corrected chi connectivity index (χ2v) is 4.30. The van der Waals surface area contributed by atoms with Crippen molar-refractivity contribution in [3.05, 3.63) is 57.9 Å². The van der Waals surface area contributed by atoms with Crippen LogP contribution in [0.3, 0.4) is 0 Å². The summed E-state index contributed by atoms with van der Waals surface area (Å²) >= 11 is 0. The molecule has 5 nitrogen and oxygen atoms in total. The van der Waals surface area contributed by atoms with Gasteiger partial charge in [0.1, 0.15) is 17.2 Å². The van der Waals surface area contributed by atoms with Gasteiger partial charge >= 0.3 is 5.69 Å². The molecule has 0 spiro atoms. The molecule has 0 amide bonds. The van der Waals surface area contributed by atoms with Crippen molar-refractivity contribution < 1.29 is 9.31 Å². The van der Waals surface area contributed by atoms with Crippen molar-refractivity contribution in [1.29, 1.82) is 0 Å². The molecule has 0 saturated carbocycles. The van der Waals surface area contributed by atoms with Gasteiger partial charge in [0.2, 0.25) is 0 Å². The molecular weight excluding hydrogens is 261 g/mol. The summed E-state index contributed by atoms with van der Waals surface area (Å²) in [5.41, 5.74) is 1.62. The average molecular weight is 275 g/mol. The number of nitrogens with zero attached hydrogens (tertiary/aromatic N) is 1. The lowest BCUT2D eigenvalue weighted by Crippen LogP contribution is -2.01. The van der Waals surface area contributed by atoms with Gasteiger partial charge in [0.15, 0.2) is 0 Å². The maximum atomic E-state index is 13.5. The lowest BCUT2D eigenvalue weighted by molar-refractivity contribution is -0.383. The van der Waals surface area contributed by atoms with Gasteiger partial charge in [-0.2, -0.15) is 0 Å². The van der Waals surface area contributed by atoms with Gasteiger partial charge in [-0.15, -0.1) is 0 Å². The number of nitrogens with one attached hydrogen (secondary N) is 2. The summed E-state index contributed by atoms with van der Waals surface area (Å²) < 4.78 is 13.5. The van der Waals surface area contributed by atoms with Crippen LogP contribution in [-0.2, 0) is 0 Å². The van der Waals surface area contributed by atoms with Gasteiger partial charge in [-0.1, -0.05) is 12.1 Å². The van der Waals surface area contributed by atoms with Crippen LogP contribution in [0.4, 0.5) is 27.1 Å². The quantitative estimate of drug-likeness (QED) is 0.657. The normalized spacial score (nSPS) is 10.2. The molecule has 2 N–H and O–H groups in total. The fourth-order valence-electron chi connectivity index (χ4n) is 1.87. The number of hydrogen-bond donors (Lipinski definition) is 2. The largest absolute Gasteiger partial charge is 0.382 e. The van der Waals surface area contributed by atoms with Gasteiger partial charge in [-0.25, -0.2) is 4.39 Å². The molecule has 0 radical (unpaired) electrons. The smallest absolute Gasteiger partial charge is 0.315 e. The van der Waals surface area contributed by atoms with Crippen LogP contribution < -0.4 is 10.6 Å². The number of para-hydroxylation sites is 1. The maximum Gasteiger partial charge on any atom is 0.315 e. The van der Waals surface area contributed by atoms with Crippen molar-refractivity contribution in [2.75, 3.05) is 17.7 Å². The summed E-state index contributed by atoms with van der Waals surface area (Å²) in [4.78, 5) is 10.7. The summed E-state index contributed by atoms with van der Waals surface area (Å²) in [7, 11) is 1.61. The number of benzene rings is 2. The van der Waals surface area contributed by atoms with Crippen LogP contribution in [0.25, 0.3) is 0 Å². The third-order valence-electron chi connectivity index (χ3n) is 2.94. The van der Waals surface area contributed by atoms with Crippen LogP contribution in [0.15, 0.2) is 36.4 Å². The third-order valence-corrected chi connectivity index (χ3v) is 2.94. The number of hydrogen-bond acceptors (Lipinski definition) is 4. The molecule has 0 aliphatic heterocycles. The molecule has 0 aliphatic carbocycles. The summed E-state index contributed by atoms with van der Waals surface area (Å²) in [5.74, 6) is -0.359. The number of nitro benzene ring substituents is 1. The van der Waals surface area contributed by atoms with Crippen LogP contribution >= 0.6 is 0 Å². The Balaban J connectivity index is 2.42. The summed E-state index contributed by atoms with van der Waals surface area (Å²) in [5, 5.41) is 16.8. The predicted molar refractivity (Wildman–Crippen MR) is 77.1 cm³/mol. The van der Waals surface area contributed by atoms with Crippen molar-refractivity contribution in [3.63, 3.8) is 0 Å². The van der Waals surface area contributed by atoms with E-state index in [0.717, 1.165) is 0 Å². The minimum Gasteiger partial charge on any atom is -0.382 e. The van der Waals surface area contributed by atoms with E-state index in [4.69, 9.17) is 0 Å². The second-order valence-electron chi connectivity index (χ2n) is 4.30. The van der Waals surface area contributed by atoms with E-state index in [1.54, 1.807) is 44.3 Å². The predicted octanol–water partition coefficient (Wildman–Crippen LogP) is 3.83. The van der Waals surface area contributed by atoms with Gasteiger partial charge in [0.05, 0.1) is 4.92 Å². The third kappa shape index (κ3) is 2.69. The summed E-state index contributed by atoms with van der Waals surface area (Å²) in [6.07, 6.45) is 0. The number of aryl methyl sites for hydroxylation is 1. The Morgan fingerprint density at radius 3 is 2.50 bits per heavy atom. The molecule has 2 aromatic rings. The molecule has 20 heavy (non-hydrogen) atoms. The van der Waals surface area contributed by atoms with Crippen LogP contribution in [0.5, 0.6) is 0 Å². The topological polar surface area (TPSA) is 67.2 Å². The van der Waals surface area contributed by atoms with E-state index in [2.05, 4.69) is 10.6 Å². The average Bonchev–Trinajstić information content (AvgIpc) is 2.42. The first kappa shape index (κ1) is 13.8. The number of halogens is 1. The van der Waals surface area contributed by atoms with Gasteiger partial charge in [-0.05, 0) is 36.8 Å². The fraction of sp³-hybridized carbons (Fsp3) is 0.143. The molecular formula is C14H14FN3O2. The zero-order valence-electron chi connectivity index (χ0n) is 11.1. The van der Waals surface area contributed by atoms with Gasteiger partial charge in [0.25, 0.3) is 0 Å². The number of anilines is 3. The van der Waals surface area contributed by atoms with Crippen molar-refractivity contribution >= 4 is 22.7 Å². The maximum absolute atomic E-state index is 13.5. The van der Waals surface area contributed by atoms with Crippen LogP contribution in [0.2, 0.25) is 0 Å². The van der Waals surface area contributed by atoms with Crippen molar-refractivity contribution in [2.24, 2.45) is 0 Å². The van der Waals surface area contributed by atoms with Crippen molar-refractivity contribution in [1.82, 2.24) is 0 Å². The Bertz CT molecular complexity index is 659. The van der Waals surface area contributed by atoms with E-state index in [1.807, 2.05) is 0 Å². The van der Waals surface area contributed by atoms with Gasteiger partial charge < -0.3 is 10.6 Å². The zero-order chi connectivity index (χ0) is 14.7. The van der Waals surface area contributed by atoms with Crippen molar-refractivity contribution in [2.45, 2.75) is 6.92 Å². The first-order valence-electron chi connectivity index (χ1n) is 6.01. The molecule has 2 aromatic carbocycles. The molecule has 0 bridgehead atoms. The Labute approximate surface area is 115 Å². The van der Waals surface area contributed by atoms with E-state index in [1.165, 1.54) is 6.07 Å². The number of nitro groups is 1. The highest BCUT2D eigenvalue weighted by molar-refractivity contribution is 5.79. The second kappa shape index (κ2) is 5.56. The molecule has 6 heteroatoms. The van der Waals surface area contributed by atoms with Gasteiger partial charge in [0, 0.05) is 12.7 Å². The Hall–Kier alpha value is -2.63. The molecule has 0 aromatic heterocycles. The SMILES string of the molecule is CNc1cccc(Nc2ccc(C)c(F)c2)c1[N+](=O)[O-]. The highest BCUT2D eigenvalue weighted by atomic mass is 19.1. The fourth-order valence-corrected chi connectivity index (χ4v) is 1.87. The molecule has 0 heterocycles. The summed E-state index contributed by atoms with van der Waals surface area (Å²) in [6.45, 7) is 1.66. The van der Waals surface area contributed by atoms with E-state index in [-0.39, 0.29) is 11.5 Å². The Morgan fingerprint density at radius 2 is 1.90 bits per heavy atom. The summed E-state index contributed by atoms with van der Waals surface area (Å²) in [6, 6.07) is 9.48. The first-order valence-corrected chi connectivity index (χ1v) is 6.01. The highest BCUT2D eigenvalue weighted by Crippen LogP contribution is 2.34. The monoisotopic (exact) mass is 275 g/mol. The molecule has 0 aliphatic rings. The Morgan fingerprint density at radius 1 is 1.20 bits per heavy atom. The molecule has 0 fully saturated rings. The number of rotatable bonds is 4. The molecule has 0 saturated heterocycles. The Kier molecular flexibility index (Phi) is 3.84. The minimum atomic E-state index is -0.473. The van der Waals surface area contributed by atoms with E-state index in [9.17, 15) is 14.5 Å². The highest BCUT2D eigenvalue weighted by Gasteiger charge is 2.19. The first-order chi connectivity index (χ1) is 9.52. The zero-order valence-corrected chi connectivity index (χ0v) is 11.1. The lowest BCUT2D eigenvalue weighted by atomic mass is 10.2. The standard InChI is InChI=1S/C14H14FN3O2/c1-9-6-7-10(8-11(9)15)17-13-5-3-4-12(16-2)14(13)18(19)20/h3-8,16-17H,1-2H3. The molecule has 2 rings (SSSR count). The molecule has 0 unspecified atom stereocenters. The lowest BCUT2D eigenvalue weighted by Gasteiger charge is -2.10. The van der Waals surface area contributed by atoms with E-state index in [0.29, 0.717) is 22.6 Å². The minimum absolute atomic E-state index is 0.0732. The van der Waals surface area contributed by atoms with Crippen LogP contribution in [0.1, 0.15) is 5.56 Å². The van der Waals surface area contributed by atoms with Crippen molar-refractivity contribution in [3.8, 4) is 0 Å². The van der Waals surface area contributed by atoms with Gasteiger partial charge in [-0.3, -0.25) is 10.1 Å². The van der Waals surface area contributed by atoms with E-state index >= 15 is 0 Å². The molecule has 0 atom stereocenters. The van der Waals surface area contributed by atoms with Crippen LogP contribution in [-0.4, -0.2) is 12.0 Å². The van der Waals surface area contributed by atoms with E-state index < -0.39 is 4.92 Å². The molecule has 104 valence electrons.